The second kappa shape index (κ2) is 8.75. The van der Waals surface area contributed by atoms with Crippen molar-refractivity contribution in [1.82, 2.24) is 4.98 Å². The average molecular weight is 389 g/mol. The Morgan fingerprint density at radius 1 is 1.29 bits per heavy atom. The van der Waals surface area contributed by atoms with Gasteiger partial charge in [-0.25, -0.2) is 4.98 Å². The first-order chi connectivity index (χ1) is 13.6. The first kappa shape index (κ1) is 19.0. The molecule has 0 aliphatic heterocycles. The molecule has 0 saturated carbocycles. The maximum atomic E-state index is 11.1. The number of para-hydroxylation sites is 1. The second-order valence-electron chi connectivity index (χ2n) is 5.64. The van der Waals surface area contributed by atoms with Crippen molar-refractivity contribution in [3.05, 3.63) is 86.7 Å². The smallest absolute Gasteiger partial charge is 0.276 e. The van der Waals surface area contributed by atoms with Gasteiger partial charge in [0, 0.05) is 17.0 Å². The Hall–Kier alpha value is -3.76. The highest BCUT2D eigenvalue weighted by Gasteiger charge is 2.10. The number of hydrogen-bond acceptors (Lipinski definition) is 6. The van der Waals surface area contributed by atoms with Gasteiger partial charge >= 0.3 is 0 Å². The highest BCUT2D eigenvalue weighted by molar-refractivity contribution is 7.11. The lowest BCUT2D eigenvalue weighted by atomic mass is 10.1. The molecule has 0 atom stereocenters. The Morgan fingerprint density at radius 2 is 2.11 bits per heavy atom. The predicted octanol–water partition coefficient (Wildman–Crippen LogP) is 5.35. The molecule has 0 unspecified atom stereocenters. The zero-order chi connectivity index (χ0) is 19.9. The zero-order valence-corrected chi connectivity index (χ0v) is 15.7. The summed E-state index contributed by atoms with van der Waals surface area (Å²) in [5, 5.41) is 23.0. The summed E-state index contributed by atoms with van der Waals surface area (Å²) < 4.78 is 5.23. The van der Waals surface area contributed by atoms with E-state index in [0.29, 0.717) is 16.1 Å². The van der Waals surface area contributed by atoms with Gasteiger partial charge in [-0.05, 0) is 30.4 Å². The van der Waals surface area contributed by atoms with Gasteiger partial charge < -0.3 is 4.74 Å². The first-order valence-electron chi connectivity index (χ1n) is 8.24. The maximum Gasteiger partial charge on any atom is 0.276 e. The minimum atomic E-state index is -0.435. The number of allylic oxidation sites excluding steroid dienone is 3. The lowest BCUT2D eigenvalue weighted by molar-refractivity contribution is -0.385. The van der Waals surface area contributed by atoms with E-state index in [0.717, 1.165) is 17.0 Å². The first-order valence-corrected chi connectivity index (χ1v) is 9.12. The summed E-state index contributed by atoms with van der Waals surface area (Å²) in [4.78, 5) is 15.2. The van der Waals surface area contributed by atoms with Crippen molar-refractivity contribution in [2.75, 3.05) is 7.11 Å². The lowest BCUT2D eigenvalue weighted by Gasteiger charge is -2.01. The topological polar surface area (TPSA) is 89.0 Å². The number of nitriles is 1. The third kappa shape index (κ3) is 4.31. The van der Waals surface area contributed by atoms with Crippen LogP contribution in [0.4, 0.5) is 5.69 Å². The van der Waals surface area contributed by atoms with Crippen LogP contribution in [0.5, 0.6) is 5.75 Å². The van der Waals surface area contributed by atoms with E-state index in [1.54, 1.807) is 43.5 Å². The molecule has 0 amide bonds. The summed E-state index contributed by atoms with van der Waals surface area (Å²) in [6.45, 7) is 0. The Kier molecular flexibility index (Phi) is 5.94. The molecule has 1 aromatic heterocycles. The monoisotopic (exact) mass is 389 g/mol. The van der Waals surface area contributed by atoms with Crippen LogP contribution >= 0.6 is 11.3 Å². The zero-order valence-electron chi connectivity index (χ0n) is 14.9. The van der Waals surface area contributed by atoms with Crippen molar-refractivity contribution >= 4 is 28.7 Å². The van der Waals surface area contributed by atoms with Crippen LogP contribution < -0.4 is 4.74 Å². The van der Waals surface area contributed by atoms with E-state index in [2.05, 4.69) is 11.1 Å². The van der Waals surface area contributed by atoms with Crippen LogP contribution in [0.25, 0.3) is 22.9 Å². The Bertz CT molecular complexity index is 1110. The molecular weight excluding hydrogens is 374 g/mol. The fraction of sp³-hybridized carbons (Fsp3) is 0.0476. The fourth-order valence-electron chi connectivity index (χ4n) is 2.51. The van der Waals surface area contributed by atoms with E-state index in [-0.39, 0.29) is 5.69 Å². The summed E-state index contributed by atoms with van der Waals surface area (Å²) in [5.74, 6) is 0.732. The van der Waals surface area contributed by atoms with Crippen molar-refractivity contribution in [2.24, 2.45) is 0 Å². The molecule has 3 rings (SSSR count). The van der Waals surface area contributed by atoms with E-state index in [1.807, 2.05) is 29.6 Å². The predicted molar refractivity (Wildman–Crippen MR) is 110 cm³/mol. The molecule has 138 valence electrons. The SMILES string of the molecule is COc1cccc(-c2csc(/C(C#N)=C\C=C\c3ccccc3[N+](=O)[O-])n2)c1. The number of aromatic nitrogens is 1. The van der Waals surface area contributed by atoms with Gasteiger partial charge in [-0.2, -0.15) is 5.26 Å². The average Bonchev–Trinajstić information content (AvgIpc) is 3.21. The van der Waals surface area contributed by atoms with E-state index < -0.39 is 4.92 Å². The van der Waals surface area contributed by atoms with Crippen molar-refractivity contribution in [3.8, 4) is 23.1 Å². The van der Waals surface area contributed by atoms with Crippen molar-refractivity contribution in [2.45, 2.75) is 0 Å². The van der Waals surface area contributed by atoms with Crippen molar-refractivity contribution in [1.29, 1.82) is 5.26 Å². The van der Waals surface area contributed by atoms with Gasteiger partial charge in [0.05, 0.1) is 28.9 Å². The van der Waals surface area contributed by atoms with E-state index in [4.69, 9.17) is 4.74 Å². The summed E-state index contributed by atoms with van der Waals surface area (Å²) in [6.07, 6.45) is 4.82. The van der Waals surface area contributed by atoms with Crippen LogP contribution in [-0.2, 0) is 0 Å². The Morgan fingerprint density at radius 3 is 2.86 bits per heavy atom. The summed E-state index contributed by atoms with van der Waals surface area (Å²) in [5.41, 5.74) is 2.52. The molecule has 0 aliphatic carbocycles. The fourth-order valence-corrected chi connectivity index (χ4v) is 3.32. The standard InChI is InChI=1S/C21H15N3O3S/c1-27-18-10-5-8-16(12-18)19-14-28-21(23-19)17(13-22)9-4-7-15-6-2-3-11-20(15)24(25)26/h2-12,14H,1H3/b7-4+,17-9-. The van der Waals surface area contributed by atoms with Crippen molar-refractivity contribution in [3.63, 3.8) is 0 Å². The highest BCUT2D eigenvalue weighted by Crippen LogP contribution is 2.28. The molecule has 0 aliphatic rings. The molecule has 7 heteroatoms. The molecule has 0 fully saturated rings. The van der Waals surface area contributed by atoms with Crippen LogP contribution in [0, 0.1) is 21.4 Å². The minimum absolute atomic E-state index is 0.0141. The van der Waals surface area contributed by atoms with E-state index in [9.17, 15) is 15.4 Å². The Labute approximate surface area is 165 Å². The molecule has 6 nitrogen and oxygen atoms in total. The third-order valence-electron chi connectivity index (χ3n) is 3.89. The molecule has 0 saturated heterocycles. The van der Waals surface area contributed by atoms with Crippen LogP contribution in [0.1, 0.15) is 10.6 Å². The molecular formula is C21H15N3O3S. The Balaban J connectivity index is 1.85. The van der Waals surface area contributed by atoms with Crippen LogP contribution in [-0.4, -0.2) is 17.0 Å². The maximum absolute atomic E-state index is 11.1. The lowest BCUT2D eigenvalue weighted by Crippen LogP contribution is -1.90. The number of thiazole rings is 1. The molecule has 1 heterocycles. The number of hydrogen-bond donors (Lipinski definition) is 0. The number of ether oxygens (including phenoxy) is 1. The van der Waals surface area contributed by atoms with Gasteiger partial charge in [0.2, 0.25) is 0 Å². The molecule has 2 aromatic carbocycles. The van der Waals surface area contributed by atoms with Crippen molar-refractivity contribution < 1.29 is 9.66 Å². The van der Waals surface area contributed by atoms with Gasteiger partial charge in [0.1, 0.15) is 16.8 Å². The molecule has 0 N–H and O–H groups in total. The van der Waals surface area contributed by atoms with Crippen LogP contribution in [0.3, 0.4) is 0 Å². The van der Waals surface area contributed by atoms with Gasteiger partial charge in [0.25, 0.3) is 5.69 Å². The van der Waals surface area contributed by atoms with E-state index in [1.165, 1.54) is 17.4 Å². The second-order valence-corrected chi connectivity index (χ2v) is 6.50. The summed E-state index contributed by atoms with van der Waals surface area (Å²) in [6, 6.07) is 16.1. The number of nitro groups is 1. The van der Waals surface area contributed by atoms with Crippen LogP contribution in [0.2, 0.25) is 0 Å². The quantitative estimate of drug-likeness (QED) is 0.245. The molecule has 3 aromatic rings. The summed E-state index contributed by atoms with van der Waals surface area (Å²) in [7, 11) is 1.60. The van der Waals surface area contributed by atoms with Gasteiger partial charge in [-0.15, -0.1) is 11.3 Å². The number of benzene rings is 2. The normalized spacial score (nSPS) is 11.4. The number of nitro benzene ring substituents is 1. The number of nitrogens with zero attached hydrogens (tertiary/aromatic N) is 3. The molecule has 0 spiro atoms. The van der Waals surface area contributed by atoms with Crippen LogP contribution in [0.15, 0.2) is 66.1 Å². The molecule has 0 radical (unpaired) electrons. The number of rotatable bonds is 6. The largest absolute Gasteiger partial charge is 0.497 e. The molecule has 0 bridgehead atoms. The minimum Gasteiger partial charge on any atom is -0.497 e. The van der Waals surface area contributed by atoms with Gasteiger partial charge in [-0.3, -0.25) is 10.1 Å². The molecule has 28 heavy (non-hydrogen) atoms. The number of methoxy groups -OCH3 is 1. The highest BCUT2D eigenvalue weighted by atomic mass is 32.1. The van der Waals surface area contributed by atoms with Gasteiger partial charge in [0.15, 0.2) is 0 Å². The summed E-state index contributed by atoms with van der Waals surface area (Å²) >= 11 is 1.36. The van der Waals surface area contributed by atoms with E-state index >= 15 is 0 Å². The third-order valence-corrected chi connectivity index (χ3v) is 4.77. The van der Waals surface area contributed by atoms with Gasteiger partial charge in [-0.1, -0.05) is 30.3 Å².